The number of ketones is 1. The number of benzene rings is 2. The zero-order chi connectivity index (χ0) is 18.4. The number of nitrogens with one attached hydrogen (secondary N) is 2. The molecule has 25 heavy (non-hydrogen) atoms. The van der Waals surface area contributed by atoms with Gasteiger partial charge in [-0.3, -0.25) is 9.59 Å². The summed E-state index contributed by atoms with van der Waals surface area (Å²) in [6, 6.07) is 16.4. The van der Waals surface area contributed by atoms with E-state index in [1.54, 1.807) is 32.0 Å². The summed E-state index contributed by atoms with van der Waals surface area (Å²) >= 11 is 0. The van der Waals surface area contributed by atoms with Crippen LogP contribution in [0.4, 0.5) is 5.69 Å². The van der Waals surface area contributed by atoms with Gasteiger partial charge in [-0.15, -0.1) is 0 Å². The number of hydrogen-bond donors (Lipinski definition) is 2. The highest BCUT2D eigenvalue weighted by Gasteiger charge is 2.18. The molecule has 0 aromatic heterocycles. The minimum atomic E-state index is -0.481. The number of para-hydroxylation sites is 1. The van der Waals surface area contributed by atoms with E-state index < -0.39 is 6.04 Å². The van der Waals surface area contributed by atoms with Crippen LogP contribution in [0.15, 0.2) is 66.7 Å². The molecule has 130 valence electrons. The Balaban J connectivity index is 2.07. The average Bonchev–Trinajstić information content (AvgIpc) is 2.62. The number of amides is 1. The van der Waals surface area contributed by atoms with Crippen LogP contribution in [0.5, 0.6) is 0 Å². The van der Waals surface area contributed by atoms with Crippen molar-refractivity contribution in [2.45, 2.75) is 32.9 Å². The van der Waals surface area contributed by atoms with E-state index in [-0.39, 0.29) is 17.7 Å². The van der Waals surface area contributed by atoms with E-state index in [1.807, 2.05) is 43.3 Å². The van der Waals surface area contributed by atoms with Crippen LogP contribution in [0.1, 0.15) is 42.7 Å². The molecule has 0 saturated heterocycles. The lowest BCUT2D eigenvalue weighted by molar-refractivity contribution is -0.122. The third-order valence-corrected chi connectivity index (χ3v) is 3.98. The topological polar surface area (TPSA) is 58.2 Å². The van der Waals surface area contributed by atoms with Gasteiger partial charge < -0.3 is 10.6 Å². The Hall–Kier alpha value is -2.88. The molecule has 0 fully saturated rings. The number of carbonyl (C=O) groups excluding carboxylic acids is 2. The summed E-state index contributed by atoms with van der Waals surface area (Å²) in [7, 11) is 0. The second kappa shape index (κ2) is 8.29. The molecule has 0 spiro atoms. The summed E-state index contributed by atoms with van der Waals surface area (Å²) in [5.74, 6) is -0.262. The Bertz CT molecular complexity index is 768. The van der Waals surface area contributed by atoms with Crippen LogP contribution in [0.3, 0.4) is 0 Å². The van der Waals surface area contributed by atoms with E-state index in [0.29, 0.717) is 16.8 Å². The maximum absolute atomic E-state index is 12.5. The van der Waals surface area contributed by atoms with Crippen molar-refractivity contribution in [1.82, 2.24) is 5.32 Å². The van der Waals surface area contributed by atoms with Gasteiger partial charge in [0.05, 0.1) is 6.04 Å². The van der Waals surface area contributed by atoms with Gasteiger partial charge in [-0.1, -0.05) is 49.0 Å². The summed E-state index contributed by atoms with van der Waals surface area (Å²) < 4.78 is 0. The van der Waals surface area contributed by atoms with Gasteiger partial charge in [0.2, 0.25) is 5.91 Å². The van der Waals surface area contributed by atoms with E-state index in [1.165, 1.54) is 0 Å². The van der Waals surface area contributed by atoms with Crippen LogP contribution >= 0.6 is 0 Å². The minimum absolute atomic E-state index is 0.0924. The second-order valence-corrected chi connectivity index (χ2v) is 6.16. The largest absolute Gasteiger partial charge is 0.373 e. The quantitative estimate of drug-likeness (QED) is 0.590. The van der Waals surface area contributed by atoms with Gasteiger partial charge in [0, 0.05) is 11.3 Å². The molecule has 2 unspecified atom stereocenters. The summed E-state index contributed by atoms with van der Waals surface area (Å²) in [4.78, 5) is 24.7. The first-order chi connectivity index (χ1) is 11.9. The highest BCUT2D eigenvalue weighted by Crippen LogP contribution is 2.19. The highest BCUT2D eigenvalue weighted by atomic mass is 16.2. The number of carbonyl (C=O) groups is 2. The van der Waals surface area contributed by atoms with Crippen molar-refractivity contribution in [2.75, 3.05) is 5.32 Å². The van der Waals surface area contributed by atoms with E-state index >= 15 is 0 Å². The monoisotopic (exact) mass is 336 g/mol. The lowest BCUT2D eigenvalue weighted by atomic mass is 10.0. The van der Waals surface area contributed by atoms with Crippen molar-refractivity contribution in [3.63, 3.8) is 0 Å². The zero-order valence-corrected chi connectivity index (χ0v) is 14.9. The van der Waals surface area contributed by atoms with Gasteiger partial charge in [-0.2, -0.15) is 0 Å². The standard InChI is InChI=1S/C21H24N2O2/c1-14(2)20(24)18-12-8-9-13-19(18)22-16(4)21(25)23-15(3)17-10-6-5-7-11-17/h5-13,15-16,22H,1H2,2-4H3,(H,23,25). The fraction of sp³-hybridized carbons (Fsp3) is 0.238. The summed E-state index contributed by atoms with van der Waals surface area (Å²) in [6.45, 7) is 9.10. The van der Waals surface area contributed by atoms with Crippen LogP contribution < -0.4 is 10.6 Å². The lowest BCUT2D eigenvalue weighted by Gasteiger charge is -2.20. The molecule has 0 aliphatic rings. The van der Waals surface area contributed by atoms with Crippen LogP contribution in [-0.2, 0) is 4.79 Å². The maximum atomic E-state index is 12.5. The van der Waals surface area contributed by atoms with Gasteiger partial charge in [0.25, 0.3) is 0 Å². The Morgan fingerprint density at radius 3 is 2.20 bits per heavy atom. The van der Waals surface area contributed by atoms with E-state index in [4.69, 9.17) is 0 Å². The molecule has 2 atom stereocenters. The minimum Gasteiger partial charge on any atom is -0.373 e. The van der Waals surface area contributed by atoms with Gasteiger partial charge in [-0.25, -0.2) is 0 Å². The van der Waals surface area contributed by atoms with Crippen molar-refractivity contribution >= 4 is 17.4 Å². The number of anilines is 1. The lowest BCUT2D eigenvalue weighted by Crippen LogP contribution is -2.39. The highest BCUT2D eigenvalue weighted by molar-refractivity contribution is 6.11. The van der Waals surface area contributed by atoms with E-state index in [2.05, 4.69) is 17.2 Å². The first-order valence-corrected chi connectivity index (χ1v) is 8.31. The van der Waals surface area contributed by atoms with Crippen LogP contribution in [-0.4, -0.2) is 17.7 Å². The molecule has 4 heteroatoms. The smallest absolute Gasteiger partial charge is 0.242 e. The first-order valence-electron chi connectivity index (χ1n) is 8.31. The fourth-order valence-corrected chi connectivity index (χ4v) is 2.50. The molecule has 0 aliphatic carbocycles. The molecular formula is C21H24N2O2. The molecule has 0 radical (unpaired) electrons. The number of rotatable bonds is 7. The van der Waals surface area contributed by atoms with Gasteiger partial charge in [0.15, 0.2) is 5.78 Å². The summed E-state index contributed by atoms with van der Waals surface area (Å²) in [6.07, 6.45) is 0. The third-order valence-electron chi connectivity index (χ3n) is 3.98. The number of allylic oxidation sites excluding steroid dienone is 1. The van der Waals surface area contributed by atoms with Gasteiger partial charge >= 0.3 is 0 Å². The molecule has 4 nitrogen and oxygen atoms in total. The van der Waals surface area contributed by atoms with E-state index in [0.717, 1.165) is 5.56 Å². The first kappa shape index (κ1) is 18.5. The maximum Gasteiger partial charge on any atom is 0.242 e. The molecule has 2 N–H and O–H groups in total. The third kappa shape index (κ3) is 4.80. The second-order valence-electron chi connectivity index (χ2n) is 6.16. The average molecular weight is 336 g/mol. The van der Waals surface area contributed by atoms with Crippen molar-refractivity contribution in [3.05, 3.63) is 77.9 Å². The molecule has 0 aliphatic heterocycles. The Kier molecular flexibility index (Phi) is 6.12. The molecule has 0 saturated carbocycles. The molecule has 2 aromatic carbocycles. The Labute approximate surface area is 149 Å². The van der Waals surface area contributed by atoms with Crippen molar-refractivity contribution < 1.29 is 9.59 Å². The molecule has 0 heterocycles. The molecule has 2 aromatic rings. The summed E-state index contributed by atoms with van der Waals surface area (Å²) in [5, 5.41) is 6.11. The summed E-state index contributed by atoms with van der Waals surface area (Å²) in [5.41, 5.74) is 2.65. The van der Waals surface area contributed by atoms with Crippen molar-refractivity contribution in [2.24, 2.45) is 0 Å². The predicted octanol–water partition coefficient (Wildman–Crippen LogP) is 4.12. The van der Waals surface area contributed by atoms with Crippen molar-refractivity contribution in [1.29, 1.82) is 0 Å². The normalized spacial score (nSPS) is 12.8. The van der Waals surface area contributed by atoms with Crippen LogP contribution in [0.2, 0.25) is 0 Å². The number of Topliss-reactive ketones (excluding diaryl/α,β-unsaturated/α-hetero) is 1. The Morgan fingerprint density at radius 1 is 0.960 bits per heavy atom. The van der Waals surface area contributed by atoms with Crippen LogP contribution in [0.25, 0.3) is 0 Å². The fourth-order valence-electron chi connectivity index (χ4n) is 2.50. The number of hydrogen-bond acceptors (Lipinski definition) is 3. The van der Waals surface area contributed by atoms with Gasteiger partial charge in [0.1, 0.15) is 6.04 Å². The van der Waals surface area contributed by atoms with Gasteiger partial charge in [-0.05, 0) is 44.0 Å². The molecule has 0 bridgehead atoms. The SMILES string of the molecule is C=C(C)C(=O)c1ccccc1NC(C)C(=O)NC(C)c1ccccc1. The molecular weight excluding hydrogens is 312 g/mol. The van der Waals surface area contributed by atoms with Crippen LogP contribution in [0, 0.1) is 0 Å². The molecule has 2 rings (SSSR count). The predicted molar refractivity (Wildman–Crippen MR) is 102 cm³/mol. The van der Waals surface area contributed by atoms with Crippen molar-refractivity contribution in [3.8, 4) is 0 Å². The zero-order valence-electron chi connectivity index (χ0n) is 14.9. The Morgan fingerprint density at radius 2 is 1.56 bits per heavy atom. The molecule has 1 amide bonds. The van der Waals surface area contributed by atoms with E-state index in [9.17, 15) is 9.59 Å².